The Bertz CT molecular complexity index is 977. The largest absolute Gasteiger partial charge is 0.436 e. The third-order valence-corrected chi connectivity index (χ3v) is 5.47. The number of halogens is 1. The first-order valence-corrected chi connectivity index (χ1v) is 10.4. The molecule has 1 amide bonds. The van der Waals surface area contributed by atoms with Gasteiger partial charge in [-0.3, -0.25) is 0 Å². The molecule has 0 aromatic heterocycles. The Kier molecular flexibility index (Phi) is 6.21. The van der Waals surface area contributed by atoms with E-state index in [4.69, 9.17) is 16.3 Å². The molecule has 0 saturated heterocycles. The number of amides is 1. The van der Waals surface area contributed by atoms with Crippen LogP contribution in [0.5, 0.6) is 0 Å². The van der Waals surface area contributed by atoms with Gasteiger partial charge in [-0.2, -0.15) is 0 Å². The van der Waals surface area contributed by atoms with E-state index < -0.39 is 18.3 Å². The number of nitrogens with one attached hydrogen (secondary N) is 2. The molecule has 30 heavy (non-hydrogen) atoms. The highest BCUT2D eigenvalue weighted by atomic mass is 35.5. The number of ether oxygens (including phenoxy) is 1. The second-order valence-corrected chi connectivity index (χ2v) is 7.51. The van der Waals surface area contributed by atoms with Crippen LogP contribution in [-0.4, -0.2) is 29.7 Å². The smallest absolute Gasteiger partial charge is 0.408 e. The fraction of sp³-hybridized carbons (Fsp3) is 0.208. The first-order valence-electron chi connectivity index (χ1n) is 9.85. The van der Waals surface area contributed by atoms with E-state index in [1.807, 2.05) is 60.7 Å². The predicted molar refractivity (Wildman–Crippen MR) is 119 cm³/mol. The maximum absolute atomic E-state index is 12.5. The highest BCUT2D eigenvalue weighted by molar-refractivity contribution is 6.18. The van der Waals surface area contributed by atoms with Crippen LogP contribution in [0.4, 0.5) is 10.5 Å². The van der Waals surface area contributed by atoms with Crippen molar-refractivity contribution in [1.82, 2.24) is 5.32 Å². The number of anilines is 1. The van der Waals surface area contributed by atoms with E-state index in [1.165, 1.54) is 0 Å². The minimum absolute atomic E-state index is 0.188. The number of aliphatic hydroxyl groups excluding tert-OH is 1. The van der Waals surface area contributed by atoms with Crippen molar-refractivity contribution in [2.24, 2.45) is 0 Å². The van der Waals surface area contributed by atoms with Crippen molar-refractivity contribution in [2.45, 2.75) is 18.8 Å². The van der Waals surface area contributed by atoms with E-state index in [0.717, 1.165) is 33.5 Å². The summed E-state index contributed by atoms with van der Waals surface area (Å²) >= 11 is 5.59. The van der Waals surface area contributed by atoms with Crippen molar-refractivity contribution in [3.63, 3.8) is 0 Å². The minimum atomic E-state index is -0.589. The molecule has 3 aromatic carbocycles. The Morgan fingerprint density at radius 2 is 1.57 bits per heavy atom. The molecule has 0 aliphatic heterocycles. The van der Waals surface area contributed by atoms with E-state index in [-0.39, 0.29) is 5.88 Å². The van der Waals surface area contributed by atoms with Gasteiger partial charge in [0.1, 0.15) is 0 Å². The lowest BCUT2D eigenvalue weighted by Gasteiger charge is -2.16. The maximum atomic E-state index is 12.5. The molecule has 3 N–H and O–H groups in total. The summed E-state index contributed by atoms with van der Waals surface area (Å²) < 4.78 is 5.78. The van der Waals surface area contributed by atoms with E-state index in [9.17, 15) is 9.90 Å². The Morgan fingerprint density at radius 1 is 0.967 bits per heavy atom. The Morgan fingerprint density at radius 3 is 2.17 bits per heavy atom. The highest BCUT2D eigenvalue weighted by Crippen LogP contribution is 2.44. The van der Waals surface area contributed by atoms with Gasteiger partial charge in [0.25, 0.3) is 0 Å². The van der Waals surface area contributed by atoms with Gasteiger partial charge in [-0.15, -0.1) is 11.6 Å². The van der Waals surface area contributed by atoms with Crippen molar-refractivity contribution >= 4 is 23.4 Å². The monoisotopic (exact) mass is 422 g/mol. The van der Waals surface area contributed by atoms with Crippen molar-refractivity contribution in [3.05, 3.63) is 89.5 Å². The van der Waals surface area contributed by atoms with E-state index >= 15 is 0 Å². The summed E-state index contributed by atoms with van der Waals surface area (Å²) in [5.41, 5.74) is 6.04. The lowest BCUT2D eigenvalue weighted by molar-refractivity contribution is 0.118. The van der Waals surface area contributed by atoms with E-state index in [2.05, 4.69) is 22.8 Å². The van der Waals surface area contributed by atoms with Crippen molar-refractivity contribution in [1.29, 1.82) is 0 Å². The predicted octanol–water partition coefficient (Wildman–Crippen LogP) is 4.69. The van der Waals surface area contributed by atoms with Crippen LogP contribution in [0.15, 0.2) is 72.8 Å². The van der Waals surface area contributed by atoms with Gasteiger partial charge >= 0.3 is 6.09 Å². The summed E-state index contributed by atoms with van der Waals surface area (Å²) in [7, 11) is 0. The second-order valence-electron chi connectivity index (χ2n) is 7.20. The van der Waals surface area contributed by atoms with Crippen LogP contribution < -0.4 is 10.6 Å². The van der Waals surface area contributed by atoms with Gasteiger partial charge in [-0.05, 0) is 28.8 Å². The molecule has 0 bridgehead atoms. The zero-order chi connectivity index (χ0) is 20.9. The second kappa shape index (κ2) is 9.20. The molecule has 0 fully saturated rings. The molecule has 0 saturated carbocycles. The minimum Gasteiger partial charge on any atom is -0.436 e. The number of fused-ring (bicyclic) bond motifs is 3. The fourth-order valence-corrected chi connectivity index (χ4v) is 3.70. The molecule has 5 nitrogen and oxygen atoms in total. The Balaban J connectivity index is 1.35. The number of benzene rings is 3. The van der Waals surface area contributed by atoms with Crippen molar-refractivity contribution in [2.75, 3.05) is 17.7 Å². The van der Waals surface area contributed by atoms with Gasteiger partial charge in [0, 0.05) is 29.9 Å². The quantitative estimate of drug-likeness (QED) is 0.483. The zero-order valence-corrected chi connectivity index (χ0v) is 17.1. The van der Waals surface area contributed by atoms with Crippen molar-refractivity contribution in [3.8, 4) is 11.1 Å². The molecule has 154 valence electrons. The number of rotatable bonds is 7. The first kappa shape index (κ1) is 20.3. The average molecular weight is 423 g/mol. The van der Waals surface area contributed by atoms with Crippen LogP contribution in [0, 0.1) is 0 Å². The summed E-state index contributed by atoms with van der Waals surface area (Å²) in [6.07, 6.45) is -1.45. The molecule has 3 aromatic rings. The normalized spacial score (nSPS) is 13.3. The van der Waals surface area contributed by atoms with Gasteiger partial charge in [0.05, 0.1) is 12.0 Å². The van der Waals surface area contributed by atoms with E-state index in [1.54, 1.807) is 0 Å². The van der Waals surface area contributed by atoms with Crippen molar-refractivity contribution < 1.29 is 14.6 Å². The summed E-state index contributed by atoms with van der Waals surface area (Å²) in [6.45, 7) is 0.747. The Hall–Kier alpha value is -3.02. The van der Waals surface area contributed by atoms with Gasteiger partial charge < -0.3 is 20.5 Å². The summed E-state index contributed by atoms with van der Waals surface area (Å²) in [4.78, 5) is 12.5. The molecule has 1 atom stereocenters. The number of alkyl carbamates (subject to hydrolysis) is 1. The number of hydrogen-bond acceptors (Lipinski definition) is 4. The number of alkyl halides is 1. The lowest BCUT2D eigenvalue weighted by Crippen LogP contribution is -2.25. The molecular formula is C24H23ClN2O3. The molecule has 6 heteroatoms. The van der Waals surface area contributed by atoms with E-state index in [0.29, 0.717) is 13.1 Å². The fourth-order valence-electron chi connectivity index (χ4n) is 3.59. The number of hydrogen-bond donors (Lipinski definition) is 3. The van der Waals surface area contributed by atoms with Crippen LogP contribution in [-0.2, 0) is 11.3 Å². The average Bonchev–Trinajstić information content (AvgIpc) is 3.10. The van der Waals surface area contributed by atoms with Crippen LogP contribution in [0.2, 0.25) is 0 Å². The van der Waals surface area contributed by atoms with Crippen LogP contribution in [0.3, 0.4) is 0 Å². The molecule has 1 unspecified atom stereocenters. The third kappa shape index (κ3) is 4.42. The SMILES string of the molecule is O=C(NCc1ccc(NCC(O)CCl)cc1)OC1c2ccccc2-c2ccccc21. The summed E-state index contributed by atoms with van der Waals surface area (Å²) in [5.74, 6) is 0.188. The molecule has 1 aliphatic carbocycles. The van der Waals surface area contributed by atoms with Crippen LogP contribution in [0.25, 0.3) is 11.1 Å². The molecular weight excluding hydrogens is 400 g/mol. The zero-order valence-electron chi connectivity index (χ0n) is 16.3. The number of aliphatic hydroxyl groups is 1. The third-order valence-electron chi connectivity index (χ3n) is 5.11. The van der Waals surface area contributed by atoms with Gasteiger partial charge in [-0.1, -0.05) is 60.7 Å². The van der Waals surface area contributed by atoms with Crippen LogP contribution >= 0.6 is 11.6 Å². The molecule has 4 rings (SSSR count). The molecule has 0 radical (unpaired) electrons. The lowest BCUT2D eigenvalue weighted by atomic mass is 10.1. The number of carbonyl (C=O) groups is 1. The van der Waals surface area contributed by atoms with Gasteiger partial charge in [0.15, 0.2) is 6.10 Å². The molecule has 0 spiro atoms. The molecule has 0 heterocycles. The summed E-state index contributed by atoms with van der Waals surface area (Å²) in [5, 5.41) is 15.4. The standard InChI is InChI=1S/C24H23ClN2O3/c25-13-18(28)15-26-17-11-9-16(10-12-17)14-27-24(29)30-23-21-7-3-1-5-19(21)20-6-2-4-8-22(20)23/h1-12,18,23,26,28H,13-15H2,(H,27,29). The maximum Gasteiger partial charge on any atom is 0.408 e. The number of carbonyl (C=O) groups excluding carboxylic acids is 1. The first-order chi connectivity index (χ1) is 14.7. The molecule has 1 aliphatic rings. The van der Waals surface area contributed by atoms with Gasteiger partial charge in [0.2, 0.25) is 0 Å². The Labute approximate surface area is 180 Å². The topological polar surface area (TPSA) is 70.6 Å². The van der Waals surface area contributed by atoms with Gasteiger partial charge in [-0.25, -0.2) is 4.79 Å². The van der Waals surface area contributed by atoms with Crippen LogP contribution in [0.1, 0.15) is 22.8 Å². The summed E-state index contributed by atoms with van der Waals surface area (Å²) in [6, 6.07) is 23.6. The highest BCUT2D eigenvalue weighted by Gasteiger charge is 2.30.